The van der Waals surface area contributed by atoms with Gasteiger partial charge in [0.15, 0.2) is 0 Å². The smallest absolute Gasteiger partial charge is 0.244 e. The summed E-state index contributed by atoms with van der Waals surface area (Å²) in [5.41, 5.74) is 9.82. The van der Waals surface area contributed by atoms with Crippen molar-refractivity contribution in [2.24, 2.45) is 5.73 Å². The molecule has 0 saturated heterocycles. The predicted molar refractivity (Wildman–Crippen MR) is 88.7 cm³/mol. The summed E-state index contributed by atoms with van der Waals surface area (Å²) in [5.74, 6) is -0.755. The maximum absolute atomic E-state index is 12.3. The largest absolute Gasteiger partial charge is 0.368 e. The van der Waals surface area contributed by atoms with E-state index >= 15 is 0 Å². The molecule has 1 atom stereocenters. The predicted octanol–water partition coefficient (Wildman–Crippen LogP) is 2.06. The fourth-order valence-corrected chi connectivity index (χ4v) is 3.10. The summed E-state index contributed by atoms with van der Waals surface area (Å²) >= 11 is 0. The van der Waals surface area contributed by atoms with Crippen molar-refractivity contribution in [1.29, 1.82) is 0 Å². The number of carbonyl (C=O) groups excluding carboxylic acids is 2. The summed E-state index contributed by atoms with van der Waals surface area (Å²) in [7, 11) is 0. The number of hydrogen-bond donors (Lipinski definition) is 2. The van der Waals surface area contributed by atoms with Crippen molar-refractivity contribution in [3.63, 3.8) is 0 Å². The van der Waals surface area contributed by atoms with Crippen molar-refractivity contribution in [2.45, 2.75) is 31.7 Å². The van der Waals surface area contributed by atoms with Gasteiger partial charge in [0.25, 0.3) is 0 Å². The number of rotatable bonds is 5. The van der Waals surface area contributed by atoms with E-state index in [4.69, 9.17) is 5.73 Å². The lowest BCUT2D eigenvalue weighted by molar-refractivity contribution is -0.127. The molecule has 23 heavy (non-hydrogen) atoms. The van der Waals surface area contributed by atoms with Gasteiger partial charge in [-0.15, -0.1) is 0 Å². The van der Waals surface area contributed by atoms with Crippen LogP contribution < -0.4 is 11.1 Å². The van der Waals surface area contributed by atoms with Crippen LogP contribution in [-0.4, -0.2) is 11.8 Å². The molecular weight excluding hydrogens is 288 g/mol. The second-order valence-corrected chi connectivity index (χ2v) is 5.95. The summed E-state index contributed by atoms with van der Waals surface area (Å²) in [5, 5.41) is 2.74. The highest BCUT2D eigenvalue weighted by molar-refractivity contribution is 5.88. The van der Waals surface area contributed by atoms with Gasteiger partial charge in [0.1, 0.15) is 6.04 Å². The second-order valence-electron chi connectivity index (χ2n) is 5.95. The fraction of sp³-hybridized carbons (Fsp3) is 0.263. The van der Waals surface area contributed by atoms with E-state index in [-0.39, 0.29) is 12.3 Å². The Morgan fingerprint density at radius 2 is 1.78 bits per heavy atom. The van der Waals surface area contributed by atoms with Crippen LogP contribution >= 0.6 is 0 Å². The van der Waals surface area contributed by atoms with E-state index in [0.29, 0.717) is 5.56 Å². The summed E-state index contributed by atoms with van der Waals surface area (Å²) in [4.78, 5) is 23.9. The lowest BCUT2D eigenvalue weighted by atomic mass is 10.0. The topological polar surface area (TPSA) is 72.2 Å². The quantitative estimate of drug-likeness (QED) is 0.887. The molecular formula is C19H20N2O2. The molecule has 2 amide bonds. The second kappa shape index (κ2) is 6.65. The molecule has 118 valence electrons. The molecule has 4 nitrogen and oxygen atoms in total. The summed E-state index contributed by atoms with van der Waals surface area (Å²) < 4.78 is 0. The van der Waals surface area contributed by atoms with Gasteiger partial charge in [0.2, 0.25) is 11.8 Å². The molecule has 1 aliphatic rings. The van der Waals surface area contributed by atoms with Crippen molar-refractivity contribution in [3.8, 4) is 0 Å². The van der Waals surface area contributed by atoms with Crippen LogP contribution in [0.4, 0.5) is 0 Å². The van der Waals surface area contributed by atoms with Gasteiger partial charge in [-0.2, -0.15) is 0 Å². The Labute approximate surface area is 135 Å². The van der Waals surface area contributed by atoms with E-state index in [2.05, 4.69) is 17.4 Å². The van der Waals surface area contributed by atoms with Gasteiger partial charge in [-0.3, -0.25) is 9.59 Å². The van der Waals surface area contributed by atoms with Gasteiger partial charge in [-0.25, -0.2) is 0 Å². The fourth-order valence-electron chi connectivity index (χ4n) is 3.10. The van der Waals surface area contributed by atoms with Gasteiger partial charge in [-0.1, -0.05) is 48.5 Å². The Kier molecular flexibility index (Phi) is 4.42. The van der Waals surface area contributed by atoms with Crippen LogP contribution in [0.5, 0.6) is 0 Å². The zero-order valence-electron chi connectivity index (χ0n) is 12.9. The molecule has 0 saturated carbocycles. The Bertz CT molecular complexity index is 725. The molecule has 2 aromatic rings. The minimum Gasteiger partial charge on any atom is -0.368 e. The Hall–Kier alpha value is -2.62. The molecule has 0 radical (unpaired) electrons. The molecule has 0 spiro atoms. The number of hydrogen-bond acceptors (Lipinski definition) is 2. The van der Waals surface area contributed by atoms with Crippen molar-refractivity contribution in [1.82, 2.24) is 5.32 Å². The molecule has 0 unspecified atom stereocenters. The van der Waals surface area contributed by atoms with Crippen LogP contribution in [0.15, 0.2) is 48.5 Å². The zero-order chi connectivity index (χ0) is 16.2. The lowest BCUT2D eigenvalue weighted by Crippen LogP contribution is -2.38. The van der Waals surface area contributed by atoms with Gasteiger partial charge in [0, 0.05) is 0 Å². The first-order valence-corrected chi connectivity index (χ1v) is 7.88. The average Bonchev–Trinajstić information content (AvgIpc) is 3.01. The first-order valence-electron chi connectivity index (χ1n) is 7.88. The number of fused-ring (bicyclic) bond motifs is 1. The van der Waals surface area contributed by atoms with Crippen LogP contribution in [0.2, 0.25) is 0 Å². The third-order valence-electron chi connectivity index (χ3n) is 4.25. The number of nitrogens with one attached hydrogen (secondary N) is 1. The van der Waals surface area contributed by atoms with E-state index in [9.17, 15) is 9.59 Å². The van der Waals surface area contributed by atoms with Crippen LogP contribution in [0, 0.1) is 0 Å². The Morgan fingerprint density at radius 1 is 1.04 bits per heavy atom. The highest BCUT2D eigenvalue weighted by Crippen LogP contribution is 2.23. The van der Waals surface area contributed by atoms with Gasteiger partial charge in [-0.05, 0) is 41.5 Å². The molecule has 3 rings (SSSR count). The molecule has 3 N–H and O–H groups in total. The maximum Gasteiger partial charge on any atom is 0.244 e. The minimum atomic E-state index is -0.793. The maximum atomic E-state index is 12.3. The van der Waals surface area contributed by atoms with Gasteiger partial charge >= 0.3 is 0 Å². The van der Waals surface area contributed by atoms with Crippen LogP contribution in [-0.2, 0) is 28.9 Å². The molecule has 0 bridgehead atoms. The zero-order valence-corrected chi connectivity index (χ0v) is 12.9. The normalized spacial score (nSPS) is 14.1. The van der Waals surface area contributed by atoms with Crippen molar-refractivity contribution >= 4 is 11.8 Å². The monoisotopic (exact) mass is 308 g/mol. The summed E-state index contributed by atoms with van der Waals surface area (Å²) in [6.45, 7) is 0. The van der Waals surface area contributed by atoms with E-state index in [1.807, 2.05) is 24.3 Å². The standard InChI is InChI=1S/C19H20N2O2/c20-19(23)18(15-5-2-1-3-6-15)21-17(22)12-13-9-10-14-7-4-8-16(14)11-13/h1-3,5-6,9-11,18H,4,7-8,12H2,(H2,20,23)(H,21,22)/t18-/m0/s1. The number of primary amides is 1. The highest BCUT2D eigenvalue weighted by atomic mass is 16.2. The number of nitrogens with two attached hydrogens (primary N) is 1. The Morgan fingerprint density at radius 3 is 2.52 bits per heavy atom. The molecule has 4 heteroatoms. The first-order chi connectivity index (χ1) is 11.1. The highest BCUT2D eigenvalue weighted by Gasteiger charge is 2.20. The van der Waals surface area contributed by atoms with Crippen molar-refractivity contribution in [3.05, 3.63) is 70.8 Å². The van der Waals surface area contributed by atoms with E-state index < -0.39 is 11.9 Å². The number of carbonyl (C=O) groups is 2. The average molecular weight is 308 g/mol. The SMILES string of the molecule is NC(=O)[C@@H](NC(=O)Cc1ccc2c(c1)CCC2)c1ccccc1. The molecule has 0 aromatic heterocycles. The lowest BCUT2D eigenvalue weighted by Gasteiger charge is -2.16. The van der Waals surface area contributed by atoms with E-state index in [1.165, 1.54) is 17.5 Å². The Balaban J connectivity index is 1.69. The summed E-state index contributed by atoms with van der Waals surface area (Å²) in [6.07, 6.45) is 3.64. The molecule has 2 aromatic carbocycles. The van der Waals surface area contributed by atoms with Crippen molar-refractivity contribution in [2.75, 3.05) is 0 Å². The third kappa shape index (κ3) is 3.59. The van der Waals surface area contributed by atoms with Gasteiger partial charge in [0.05, 0.1) is 6.42 Å². The first kappa shape index (κ1) is 15.3. The van der Waals surface area contributed by atoms with Crippen LogP contribution in [0.3, 0.4) is 0 Å². The van der Waals surface area contributed by atoms with Crippen LogP contribution in [0.25, 0.3) is 0 Å². The van der Waals surface area contributed by atoms with E-state index in [1.54, 1.807) is 12.1 Å². The molecule has 0 aliphatic heterocycles. The third-order valence-corrected chi connectivity index (χ3v) is 4.25. The summed E-state index contributed by atoms with van der Waals surface area (Å²) in [6, 6.07) is 14.5. The number of benzene rings is 2. The minimum absolute atomic E-state index is 0.199. The number of amides is 2. The van der Waals surface area contributed by atoms with E-state index in [0.717, 1.165) is 18.4 Å². The van der Waals surface area contributed by atoms with Crippen molar-refractivity contribution < 1.29 is 9.59 Å². The van der Waals surface area contributed by atoms with Crippen LogP contribution in [0.1, 0.15) is 34.7 Å². The number of aryl methyl sites for hydroxylation is 2. The molecule has 0 fully saturated rings. The molecule has 0 heterocycles. The molecule has 1 aliphatic carbocycles. The van der Waals surface area contributed by atoms with Gasteiger partial charge < -0.3 is 11.1 Å².